The summed E-state index contributed by atoms with van der Waals surface area (Å²) in [7, 11) is 0. The summed E-state index contributed by atoms with van der Waals surface area (Å²) >= 11 is 0. The minimum atomic E-state index is 0.279. The number of hydrogen-bond donors (Lipinski definition) is 2. The van der Waals surface area contributed by atoms with Gasteiger partial charge in [-0.15, -0.1) is 0 Å². The minimum absolute atomic E-state index is 0.279. The van der Waals surface area contributed by atoms with Crippen molar-refractivity contribution in [3.8, 4) is 0 Å². The van der Waals surface area contributed by atoms with E-state index in [2.05, 4.69) is 43.0 Å². The maximum absolute atomic E-state index is 5.65. The highest BCUT2D eigenvalue weighted by Gasteiger charge is 2.12. The summed E-state index contributed by atoms with van der Waals surface area (Å²) in [5, 5.41) is 3.33. The van der Waals surface area contributed by atoms with Gasteiger partial charge < -0.3 is 11.1 Å². The third-order valence-corrected chi connectivity index (χ3v) is 3.05. The molecule has 2 atom stereocenters. The van der Waals surface area contributed by atoms with E-state index in [-0.39, 0.29) is 6.04 Å². The first-order valence-electron chi connectivity index (χ1n) is 6.26. The quantitative estimate of drug-likeness (QED) is 0.823. The SMILES string of the molecule is Cc1cc(C(C)C)nc(NC(C)C(C)CN)n1. The van der Waals surface area contributed by atoms with Crippen LogP contribution in [0, 0.1) is 12.8 Å². The summed E-state index contributed by atoms with van der Waals surface area (Å²) in [6.07, 6.45) is 0. The molecule has 4 nitrogen and oxygen atoms in total. The lowest BCUT2D eigenvalue weighted by Crippen LogP contribution is -2.30. The number of aromatic nitrogens is 2. The zero-order valence-electron chi connectivity index (χ0n) is 11.5. The fourth-order valence-corrected chi connectivity index (χ4v) is 1.50. The number of nitrogens with two attached hydrogens (primary N) is 1. The van der Waals surface area contributed by atoms with Gasteiger partial charge in [-0.05, 0) is 38.3 Å². The minimum Gasteiger partial charge on any atom is -0.351 e. The van der Waals surface area contributed by atoms with Gasteiger partial charge in [0.15, 0.2) is 0 Å². The Labute approximate surface area is 104 Å². The lowest BCUT2D eigenvalue weighted by molar-refractivity contribution is 0.518. The predicted octanol–water partition coefficient (Wildman–Crippen LogP) is 2.30. The van der Waals surface area contributed by atoms with Crippen molar-refractivity contribution in [3.63, 3.8) is 0 Å². The normalized spacial score (nSPS) is 14.8. The van der Waals surface area contributed by atoms with Crippen LogP contribution in [0.3, 0.4) is 0 Å². The van der Waals surface area contributed by atoms with E-state index in [1.165, 1.54) is 0 Å². The summed E-state index contributed by atoms with van der Waals surface area (Å²) in [5.41, 5.74) is 7.73. The van der Waals surface area contributed by atoms with E-state index < -0.39 is 0 Å². The summed E-state index contributed by atoms with van der Waals surface area (Å²) in [6, 6.07) is 2.31. The Morgan fingerprint density at radius 3 is 2.41 bits per heavy atom. The van der Waals surface area contributed by atoms with Crippen molar-refractivity contribution in [3.05, 3.63) is 17.5 Å². The number of nitrogens with one attached hydrogen (secondary N) is 1. The number of aryl methyl sites for hydroxylation is 1. The van der Waals surface area contributed by atoms with Crippen LogP contribution in [0.25, 0.3) is 0 Å². The first-order valence-corrected chi connectivity index (χ1v) is 6.26. The molecule has 1 aromatic rings. The monoisotopic (exact) mass is 236 g/mol. The van der Waals surface area contributed by atoms with Crippen LogP contribution in [-0.2, 0) is 0 Å². The van der Waals surface area contributed by atoms with Gasteiger partial charge in [0.1, 0.15) is 0 Å². The fourth-order valence-electron chi connectivity index (χ4n) is 1.50. The van der Waals surface area contributed by atoms with Gasteiger partial charge in [0, 0.05) is 17.4 Å². The smallest absolute Gasteiger partial charge is 0.223 e. The highest BCUT2D eigenvalue weighted by atomic mass is 15.1. The zero-order chi connectivity index (χ0) is 13.0. The molecular weight excluding hydrogens is 212 g/mol. The van der Waals surface area contributed by atoms with Crippen LogP contribution in [-0.4, -0.2) is 22.6 Å². The number of rotatable bonds is 5. The number of anilines is 1. The number of nitrogens with zero attached hydrogens (tertiary/aromatic N) is 2. The Hall–Kier alpha value is -1.16. The molecule has 1 rings (SSSR count). The first-order chi connectivity index (χ1) is 7.93. The van der Waals surface area contributed by atoms with Crippen molar-refractivity contribution in [2.75, 3.05) is 11.9 Å². The molecule has 96 valence electrons. The topological polar surface area (TPSA) is 63.8 Å². The van der Waals surface area contributed by atoms with Gasteiger partial charge in [0.05, 0.1) is 0 Å². The van der Waals surface area contributed by atoms with Crippen LogP contribution in [0.4, 0.5) is 5.95 Å². The van der Waals surface area contributed by atoms with Gasteiger partial charge in [0.2, 0.25) is 5.95 Å². The summed E-state index contributed by atoms with van der Waals surface area (Å²) in [5.74, 6) is 1.53. The van der Waals surface area contributed by atoms with Gasteiger partial charge in [0.25, 0.3) is 0 Å². The zero-order valence-corrected chi connectivity index (χ0v) is 11.5. The van der Waals surface area contributed by atoms with Gasteiger partial charge in [-0.25, -0.2) is 9.97 Å². The molecule has 0 bridgehead atoms. The van der Waals surface area contributed by atoms with Crippen molar-refractivity contribution in [2.45, 2.75) is 46.6 Å². The third kappa shape index (κ3) is 3.97. The molecule has 17 heavy (non-hydrogen) atoms. The Morgan fingerprint density at radius 1 is 1.24 bits per heavy atom. The molecule has 0 aromatic carbocycles. The molecule has 1 heterocycles. The highest BCUT2D eigenvalue weighted by Crippen LogP contribution is 2.15. The fraction of sp³-hybridized carbons (Fsp3) is 0.692. The van der Waals surface area contributed by atoms with Crippen LogP contribution >= 0.6 is 0 Å². The first kappa shape index (κ1) is 13.9. The van der Waals surface area contributed by atoms with E-state index in [1.54, 1.807) is 0 Å². The van der Waals surface area contributed by atoms with Gasteiger partial charge >= 0.3 is 0 Å². The average molecular weight is 236 g/mol. The summed E-state index contributed by atoms with van der Waals surface area (Å²) in [6.45, 7) is 11.2. The molecule has 4 heteroatoms. The molecule has 0 fully saturated rings. The van der Waals surface area contributed by atoms with E-state index in [0.29, 0.717) is 24.3 Å². The Bertz CT molecular complexity index is 362. The van der Waals surface area contributed by atoms with E-state index in [4.69, 9.17) is 5.73 Å². The molecule has 0 aliphatic heterocycles. The lowest BCUT2D eigenvalue weighted by atomic mass is 10.0. The third-order valence-electron chi connectivity index (χ3n) is 3.05. The van der Waals surface area contributed by atoms with E-state index >= 15 is 0 Å². The maximum Gasteiger partial charge on any atom is 0.223 e. The molecular formula is C13H24N4. The van der Waals surface area contributed by atoms with Gasteiger partial charge in [-0.2, -0.15) is 0 Å². The van der Waals surface area contributed by atoms with Crippen molar-refractivity contribution >= 4 is 5.95 Å². The summed E-state index contributed by atoms with van der Waals surface area (Å²) < 4.78 is 0. The molecule has 1 aromatic heterocycles. The lowest BCUT2D eigenvalue weighted by Gasteiger charge is -2.20. The Balaban J connectivity index is 2.84. The Kier molecular flexibility index (Phi) is 4.87. The largest absolute Gasteiger partial charge is 0.351 e. The average Bonchev–Trinajstić information content (AvgIpc) is 2.26. The molecule has 0 spiro atoms. The van der Waals surface area contributed by atoms with Crippen molar-refractivity contribution in [1.29, 1.82) is 0 Å². The standard InChI is InChI=1S/C13H24N4/c1-8(2)12-6-10(4)15-13(17-12)16-11(5)9(3)7-14/h6,8-9,11H,7,14H2,1-5H3,(H,15,16,17). The molecule has 2 unspecified atom stereocenters. The van der Waals surface area contributed by atoms with Crippen molar-refractivity contribution in [2.24, 2.45) is 11.7 Å². The molecule has 0 saturated heterocycles. The van der Waals surface area contributed by atoms with E-state index in [0.717, 1.165) is 11.4 Å². The predicted molar refractivity (Wildman–Crippen MR) is 72.2 cm³/mol. The second kappa shape index (κ2) is 5.96. The summed E-state index contributed by atoms with van der Waals surface area (Å²) in [4.78, 5) is 8.94. The van der Waals surface area contributed by atoms with Crippen molar-refractivity contribution < 1.29 is 0 Å². The van der Waals surface area contributed by atoms with Crippen LogP contribution in [0.5, 0.6) is 0 Å². The number of hydrogen-bond acceptors (Lipinski definition) is 4. The molecule has 0 aliphatic carbocycles. The molecule has 0 radical (unpaired) electrons. The van der Waals surface area contributed by atoms with Crippen LogP contribution in [0.15, 0.2) is 6.07 Å². The van der Waals surface area contributed by atoms with E-state index in [1.807, 2.05) is 13.0 Å². The van der Waals surface area contributed by atoms with Gasteiger partial charge in [-0.3, -0.25) is 0 Å². The van der Waals surface area contributed by atoms with E-state index in [9.17, 15) is 0 Å². The van der Waals surface area contributed by atoms with Crippen LogP contribution < -0.4 is 11.1 Å². The molecule has 0 amide bonds. The second-order valence-electron chi connectivity index (χ2n) is 5.06. The van der Waals surface area contributed by atoms with Crippen LogP contribution in [0.2, 0.25) is 0 Å². The second-order valence-corrected chi connectivity index (χ2v) is 5.06. The molecule has 0 saturated carbocycles. The maximum atomic E-state index is 5.65. The van der Waals surface area contributed by atoms with Crippen molar-refractivity contribution in [1.82, 2.24) is 9.97 Å². The highest BCUT2D eigenvalue weighted by molar-refractivity contribution is 5.30. The molecule has 3 N–H and O–H groups in total. The molecule has 0 aliphatic rings. The Morgan fingerprint density at radius 2 is 1.88 bits per heavy atom. The van der Waals surface area contributed by atoms with Gasteiger partial charge in [-0.1, -0.05) is 20.8 Å². The van der Waals surface area contributed by atoms with Crippen LogP contribution in [0.1, 0.15) is 45.0 Å².